The van der Waals surface area contributed by atoms with Crippen molar-refractivity contribution < 1.29 is 14.3 Å². The molecule has 21 heavy (non-hydrogen) atoms. The first-order chi connectivity index (χ1) is 10.3. The lowest BCUT2D eigenvalue weighted by atomic mass is 10.3. The molecule has 3 rings (SSSR count). The molecule has 0 aliphatic rings. The molecule has 0 fully saturated rings. The van der Waals surface area contributed by atoms with Crippen LogP contribution in [0.1, 0.15) is 5.76 Å². The van der Waals surface area contributed by atoms with E-state index in [0.717, 1.165) is 15.6 Å². The molecule has 6 heteroatoms. The van der Waals surface area contributed by atoms with Crippen molar-refractivity contribution in [2.24, 2.45) is 0 Å². The van der Waals surface area contributed by atoms with Crippen molar-refractivity contribution in [3.05, 3.63) is 48.4 Å². The van der Waals surface area contributed by atoms with Crippen molar-refractivity contribution >= 4 is 33.3 Å². The molecular weight excluding hydrogens is 306 g/mol. The molecule has 2 aromatic heterocycles. The van der Waals surface area contributed by atoms with Crippen molar-refractivity contribution in [3.63, 3.8) is 0 Å². The predicted octanol–water partition coefficient (Wildman–Crippen LogP) is 3.56. The van der Waals surface area contributed by atoms with Gasteiger partial charge in [-0.3, -0.25) is 0 Å². The third-order valence-corrected chi connectivity index (χ3v) is 5.13. The van der Waals surface area contributed by atoms with Gasteiger partial charge in [0.2, 0.25) is 0 Å². The highest BCUT2D eigenvalue weighted by molar-refractivity contribution is 8.01. The van der Waals surface area contributed by atoms with Crippen molar-refractivity contribution in [1.29, 1.82) is 0 Å². The summed E-state index contributed by atoms with van der Waals surface area (Å²) in [5, 5.41) is 9.91. The topological polar surface area (TPSA) is 55.5 Å². The number of benzene rings is 1. The van der Waals surface area contributed by atoms with Crippen LogP contribution in [-0.2, 0) is 11.3 Å². The van der Waals surface area contributed by atoms with Crippen LogP contribution in [0, 0.1) is 0 Å². The van der Waals surface area contributed by atoms with Gasteiger partial charge in [0.15, 0.2) is 4.34 Å². The van der Waals surface area contributed by atoms with Crippen LogP contribution in [0.25, 0.3) is 10.2 Å². The van der Waals surface area contributed by atoms with E-state index in [9.17, 15) is 5.11 Å². The Morgan fingerprint density at radius 1 is 1.29 bits per heavy atom. The molecule has 1 atom stereocenters. The lowest BCUT2D eigenvalue weighted by Gasteiger charge is -2.09. The number of aliphatic hydroxyl groups excluding tert-OH is 1. The molecule has 0 saturated carbocycles. The Morgan fingerprint density at radius 2 is 2.19 bits per heavy atom. The Kier molecular flexibility index (Phi) is 4.92. The van der Waals surface area contributed by atoms with Gasteiger partial charge in [0.1, 0.15) is 12.4 Å². The van der Waals surface area contributed by atoms with Crippen LogP contribution in [0.5, 0.6) is 0 Å². The molecule has 0 saturated heterocycles. The minimum absolute atomic E-state index is 0.290. The maximum absolute atomic E-state index is 9.91. The van der Waals surface area contributed by atoms with E-state index in [1.807, 2.05) is 30.3 Å². The summed E-state index contributed by atoms with van der Waals surface area (Å²) in [5.41, 5.74) is 1.01. The molecule has 0 spiro atoms. The van der Waals surface area contributed by atoms with Crippen molar-refractivity contribution in [1.82, 2.24) is 4.98 Å². The number of aliphatic hydroxyl groups is 1. The Balaban J connectivity index is 1.43. The second-order valence-corrected chi connectivity index (χ2v) is 6.80. The van der Waals surface area contributed by atoms with Crippen LogP contribution in [0.3, 0.4) is 0 Å². The molecule has 0 aliphatic carbocycles. The lowest BCUT2D eigenvalue weighted by molar-refractivity contribution is 0.0328. The van der Waals surface area contributed by atoms with E-state index in [2.05, 4.69) is 11.1 Å². The minimum Gasteiger partial charge on any atom is -0.467 e. The molecule has 0 bridgehead atoms. The second kappa shape index (κ2) is 7.09. The first-order valence-corrected chi connectivity index (χ1v) is 8.38. The van der Waals surface area contributed by atoms with E-state index < -0.39 is 6.10 Å². The van der Waals surface area contributed by atoms with Gasteiger partial charge in [-0.1, -0.05) is 23.9 Å². The Hall–Kier alpha value is -1.34. The minimum atomic E-state index is -0.517. The van der Waals surface area contributed by atoms with Crippen LogP contribution in [0.4, 0.5) is 0 Å². The van der Waals surface area contributed by atoms with Gasteiger partial charge in [-0.25, -0.2) is 4.98 Å². The second-order valence-electron chi connectivity index (χ2n) is 4.51. The molecular formula is C15H15NO3S2. The van der Waals surface area contributed by atoms with Crippen LogP contribution >= 0.6 is 23.1 Å². The van der Waals surface area contributed by atoms with Crippen molar-refractivity contribution in [2.75, 3.05) is 12.4 Å². The zero-order valence-corrected chi connectivity index (χ0v) is 12.9. The number of furan rings is 1. The third kappa shape index (κ3) is 4.07. The van der Waals surface area contributed by atoms with Gasteiger partial charge in [0.25, 0.3) is 0 Å². The van der Waals surface area contributed by atoms with Crippen LogP contribution < -0.4 is 0 Å². The van der Waals surface area contributed by atoms with Crippen molar-refractivity contribution in [2.45, 2.75) is 17.1 Å². The third-order valence-electron chi connectivity index (χ3n) is 2.81. The lowest BCUT2D eigenvalue weighted by Crippen LogP contribution is -2.17. The van der Waals surface area contributed by atoms with Crippen LogP contribution in [-0.4, -0.2) is 28.6 Å². The van der Waals surface area contributed by atoms with E-state index in [-0.39, 0.29) is 0 Å². The summed E-state index contributed by atoms with van der Waals surface area (Å²) in [4.78, 5) is 4.52. The zero-order chi connectivity index (χ0) is 14.5. The Morgan fingerprint density at radius 3 is 3.00 bits per heavy atom. The summed E-state index contributed by atoms with van der Waals surface area (Å²) in [5.74, 6) is 1.33. The average Bonchev–Trinajstić information content (AvgIpc) is 3.13. The van der Waals surface area contributed by atoms with Gasteiger partial charge in [-0.2, -0.15) is 0 Å². The van der Waals surface area contributed by atoms with Gasteiger partial charge in [-0.05, 0) is 24.3 Å². The summed E-state index contributed by atoms with van der Waals surface area (Å²) in [6.45, 7) is 0.675. The highest BCUT2D eigenvalue weighted by Gasteiger charge is 2.09. The zero-order valence-electron chi connectivity index (χ0n) is 11.3. The quantitative estimate of drug-likeness (QED) is 0.674. The summed E-state index contributed by atoms with van der Waals surface area (Å²) >= 11 is 3.20. The number of nitrogens with zero attached hydrogens (tertiary/aromatic N) is 1. The molecule has 1 unspecified atom stereocenters. The van der Waals surface area contributed by atoms with E-state index >= 15 is 0 Å². The van der Waals surface area contributed by atoms with Gasteiger partial charge < -0.3 is 14.3 Å². The first-order valence-electron chi connectivity index (χ1n) is 6.58. The highest BCUT2D eigenvalue weighted by atomic mass is 32.2. The molecule has 3 aromatic rings. The highest BCUT2D eigenvalue weighted by Crippen LogP contribution is 2.29. The number of rotatable bonds is 7. The molecule has 110 valence electrons. The molecule has 4 nitrogen and oxygen atoms in total. The summed E-state index contributed by atoms with van der Waals surface area (Å²) < 4.78 is 12.7. The summed E-state index contributed by atoms with van der Waals surface area (Å²) in [6.07, 6.45) is 1.09. The molecule has 1 N–H and O–H groups in total. The number of para-hydroxylation sites is 1. The van der Waals surface area contributed by atoms with Gasteiger partial charge in [0.05, 0.1) is 29.2 Å². The maximum Gasteiger partial charge on any atom is 0.151 e. The first kappa shape index (κ1) is 14.6. The number of fused-ring (bicyclic) bond motifs is 1. The SMILES string of the molecule is OC(COCc1ccco1)CSc1nc2ccccc2s1. The van der Waals surface area contributed by atoms with Gasteiger partial charge in [-0.15, -0.1) is 11.3 Å². The number of hydrogen-bond acceptors (Lipinski definition) is 6. The monoisotopic (exact) mass is 321 g/mol. The largest absolute Gasteiger partial charge is 0.467 e. The predicted molar refractivity (Wildman–Crippen MR) is 84.7 cm³/mol. The molecule has 1 aromatic carbocycles. The normalized spacial score (nSPS) is 12.8. The number of thioether (sulfide) groups is 1. The standard InChI is InChI=1S/C15H15NO3S2/c17-11(8-18-9-12-4-3-7-19-12)10-20-15-16-13-5-1-2-6-14(13)21-15/h1-7,11,17H,8-10H2. The van der Waals surface area contributed by atoms with E-state index in [4.69, 9.17) is 9.15 Å². The molecule has 0 aliphatic heterocycles. The van der Waals surface area contributed by atoms with Gasteiger partial charge >= 0.3 is 0 Å². The van der Waals surface area contributed by atoms with E-state index in [0.29, 0.717) is 19.0 Å². The number of aromatic nitrogens is 1. The Labute approximate surface area is 130 Å². The number of thiazole rings is 1. The Bertz CT molecular complexity index is 648. The number of ether oxygens (including phenoxy) is 1. The average molecular weight is 321 g/mol. The maximum atomic E-state index is 9.91. The molecule has 2 heterocycles. The fourth-order valence-corrected chi connectivity index (χ4v) is 3.82. The van der Waals surface area contributed by atoms with E-state index in [1.54, 1.807) is 29.4 Å². The fourth-order valence-electron chi connectivity index (χ4n) is 1.82. The molecule has 0 radical (unpaired) electrons. The van der Waals surface area contributed by atoms with Crippen molar-refractivity contribution in [3.8, 4) is 0 Å². The van der Waals surface area contributed by atoms with E-state index in [1.165, 1.54) is 4.70 Å². The molecule has 0 amide bonds. The van der Waals surface area contributed by atoms with Gasteiger partial charge in [0, 0.05) is 5.75 Å². The summed E-state index contributed by atoms with van der Waals surface area (Å²) in [7, 11) is 0. The smallest absolute Gasteiger partial charge is 0.151 e. The summed E-state index contributed by atoms with van der Waals surface area (Å²) in [6, 6.07) is 11.7. The number of hydrogen-bond donors (Lipinski definition) is 1. The fraction of sp³-hybridized carbons (Fsp3) is 0.267. The van der Waals surface area contributed by atoms with Crippen LogP contribution in [0.2, 0.25) is 0 Å². The van der Waals surface area contributed by atoms with Crippen LogP contribution in [0.15, 0.2) is 51.4 Å².